The molecule has 1 saturated heterocycles. The summed E-state index contributed by atoms with van der Waals surface area (Å²) < 4.78 is 1.20. The van der Waals surface area contributed by atoms with Gasteiger partial charge in [0.05, 0.1) is 0 Å². The van der Waals surface area contributed by atoms with Crippen LogP contribution in [0.5, 0.6) is 0 Å². The number of thioether (sulfide) groups is 1. The second kappa shape index (κ2) is 6.08. The van der Waals surface area contributed by atoms with Crippen molar-refractivity contribution in [3.63, 3.8) is 0 Å². The van der Waals surface area contributed by atoms with E-state index in [9.17, 15) is 0 Å². The molecule has 1 fully saturated rings. The van der Waals surface area contributed by atoms with E-state index in [0.717, 1.165) is 12.5 Å². The van der Waals surface area contributed by atoms with Crippen molar-refractivity contribution in [2.75, 3.05) is 18.1 Å². The number of hydrogen-bond acceptors (Lipinski definition) is 2. The molecule has 1 aromatic rings. The van der Waals surface area contributed by atoms with Crippen molar-refractivity contribution in [2.24, 2.45) is 5.92 Å². The summed E-state index contributed by atoms with van der Waals surface area (Å²) >= 11 is 5.69. The Labute approximate surface area is 111 Å². The third-order valence-corrected chi connectivity index (χ3v) is 5.06. The van der Waals surface area contributed by atoms with E-state index in [1.165, 1.54) is 28.0 Å². The molecule has 0 aliphatic carbocycles. The monoisotopic (exact) mass is 299 g/mol. The SMILES string of the molecule is C[C@H](NCC1CCSC1)c1ccccc1Br. The molecule has 1 aliphatic rings. The smallest absolute Gasteiger partial charge is 0.0303 e. The van der Waals surface area contributed by atoms with Crippen LogP contribution in [-0.2, 0) is 0 Å². The Balaban J connectivity index is 1.87. The number of halogens is 1. The summed E-state index contributed by atoms with van der Waals surface area (Å²) in [5, 5.41) is 3.64. The fraction of sp³-hybridized carbons (Fsp3) is 0.538. The molecule has 1 heterocycles. The van der Waals surface area contributed by atoms with Gasteiger partial charge < -0.3 is 5.32 Å². The Morgan fingerprint density at radius 3 is 3.00 bits per heavy atom. The highest BCUT2D eigenvalue weighted by Gasteiger charge is 2.16. The normalized spacial score (nSPS) is 22.2. The highest BCUT2D eigenvalue weighted by Crippen LogP contribution is 2.25. The topological polar surface area (TPSA) is 12.0 Å². The molecule has 1 aliphatic heterocycles. The minimum absolute atomic E-state index is 0.432. The van der Waals surface area contributed by atoms with E-state index in [1.54, 1.807) is 0 Å². The average molecular weight is 300 g/mol. The Morgan fingerprint density at radius 1 is 1.50 bits per heavy atom. The molecule has 2 rings (SSSR count). The zero-order chi connectivity index (χ0) is 11.4. The van der Waals surface area contributed by atoms with Gasteiger partial charge in [0.2, 0.25) is 0 Å². The van der Waals surface area contributed by atoms with Crippen molar-refractivity contribution in [3.05, 3.63) is 34.3 Å². The molecule has 0 bridgehead atoms. The maximum atomic E-state index is 3.64. The largest absolute Gasteiger partial charge is 0.310 e. The van der Waals surface area contributed by atoms with Gasteiger partial charge in [-0.15, -0.1) is 0 Å². The molecular formula is C13H18BrNS. The Hall–Kier alpha value is 0.01000. The van der Waals surface area contributed by atoms with E-state index in [4.69, 9.17) is 0 Å². The van der Waals surface area contributed by atoms with Gasteiger partial charge in [-0.05, 0) is 48.9 Å². The molecule has 0 saturated carbocycles. The molecule has 1 N–H and O–H groups in total. The molecule has 3 heteroatoms. The van der Waals surface area contributed by atoms with Crippen molar-refractivity contribution in [1.82, 2.24) is 5.32 Å². The fourth-order valence-electron chi connectivity index (χ4n) is 2.02. The zero-order valence-corrected chi connectivity index (χ0v) is 12.0. The van der Waals surface area contributed by atoms with Crippen LogP contribution in [0.25, 0.3) is 0 Å². The Morgan fingerprint density at radius 2 is 2.31 bits per heavy atom. The van der Waals surface area contributed by atoms with Gasteiger partial charge in [-0.3, -0.25) is 0 Å². The summed E-state index contributed by atoms with van der Waals surface area (Å²) in [7, 11) is 0. The molecular weight excluding hydrogens is 282 g/mol. The summed E-state index contributed by atoms with van der Waals surface area (Å²) in [5.41, 5.74) is 1.35. The Bertz CT molecular complexity index is 336. The van der Waals surface area contributed by atoms with E-state index in [-0.39, 0.29) is 0 Å². The summed E-state index contributed by atoms with van der Waals surface area (Å²) in [6.07, 6.45) is 1.38. The molecule has 1 aromatic carbocycles. The van der Waals surface area contributed by atoms with Gasteiger partial charge in [0, 0.05) is 10.5 Å². The predicted octanol–water partition coefficient (Wildman–Crippen LogP) is 3.85. The average Bonchev–Trinajstić information content (AvgIpc) is 2.79. The van der Waals surface area contributed by atoms with Crippen LogP contribution in [0, 0.1) is 5.92 Å². The van der Waals surface area contributed by atoms with Gasteiger partial charge in [0.15, 0.2) is 0 Å². The van der Waals surface area contributed by atoms with Crippen molar-refractivity contribution in [2.45, 2.75) is 19.4 Å². The molecule has 0 radical (unpaired) electrons. The van der Waals surface area contributed by atoms with E-state index in [2.05, 4.69) is 64.2 Å². The molecule has 0 spiro atoms. The van der Waals surface area contributed by atoms with Crippen LogP contribution in [0.4, 0.5) is 0 Å². The lowest BCUT2D eigenvalue weighted by Crippen LogP contribution is -2.25. The minimum Gasteiger partial charge on any atom is -0.310 e. The summed E-state index contributed by atoms with van der Waals surface area (Å²) in [6.45, 7) is 3.39. The second-order valence-corrected chi connectivity index (χ2v) is 6.39. The van der Waals surface area contributed by atoms with Crippen LogP contribution >= 0.6 is 27.7 Å². The molecule has 2 atom stereocenters. The van der Waals surface area contributed by atoms with Gasteiger partial charge in [-0.25, -0.2) is 0 Å². The van der Waals surface area contributed by atoms with Crippen molar-refractivity contribution >= 4 is 27.7 Å². The van der Waals surface area contributed by atoms with Gasteiger partial charge in [-0.1, -0.05) is 34.1 Å². The summed E-state index contributed by atoms with van der Waals surface area (Å²) in [4.78, 5) is 0. The summed E-state index contributed by atoms with van der Waals surface area (Å²) in [6, 6.07) is 8.89. The first-order valence-electron chi connectivity index (χ1n) is 5.83. The van der Waals surface area contributed by atoms with Gasteiger partial charge in [0.1, 0.15) is 0 Å². The van der Waals surface area contributed by atoms with Crippen LogP contribution in [0.15, 0.2) is 28.7 Å². The molecule has 0 aromatic heterocycles. The lowest BCUT2D eigenvalue weighted by atomic mass is 10.1. The highest BCUT2D eigenvalue weighted by atomic mass is 79.9. The molecule has 1 unspecified atom stereocenters. The van der Waals surface area contributed by atoms with Crippen LogP contribution in [0.3, 0.4) is 0 Å². The first kappa shape index (κ1) is 12.5. The Kier molecular flexibility index (Phi) is 4.74. The van der Waals surface area contributed by atoms with E-state index < -0.39 is 0 Å². The molecule has 16 heavy (non-hydrogen) atoms. The molecule has 88 valence electrons. The van der Waals surface area contributed by atoms with Crippen molar-refractivity contribution in [3.8, 4) is 0 Å². The van der Waals surface area contributed by atoms with E-state index in [0.29, 0.717) is 6.04 Å². The van der Waals surface area contributed by atoms with Crippen molar-refractivity contribution in [1.29, 1.82) is 0 Å². The lowest BCUT2D eigenvalue weighted by Gasteiger charge is -2.18. The lowest BCUT2D eigenvalue weighted by molar-refractivity contribution is 0.477. The standard InChI is InChI=1S/C13H18BrNS/c1-10(12-4-2-3-5-13(12)14)15-8-11-6-7-16-9-11/h2-5,10-11,15H,6-9H2,1H3/t10-,11?/m0/s1. The third kappa shape index (κ3) is 3.25. The number of nitrogens with one attached hydrogen (secondary N) is 1. The van der Waals surface area contributed by atoms with Gasteiger partial charge in [0.25, 0.3) is 0 Å². The highest BCUT2D eigenvalue weighted by molar-refractivity contribution is 9.10. The minimum atomic E-state index is 0.432. The van der Waals surface area contributed by atoms with E-state index >= 15 is 0 Å². The number of hydrogen-bond donors (Lipinski definition) is 1. The fourth-order valence-corrected chi connectivity index (χ4v) is 3.94. The quantitative estimate of drug-likeness (QED) is 0.906. The number of rotatable bonds is 4. The maximum absolute atomic E-state index is 3.64. The maximum Gasteiger partial charge on any atom is 0.0303 e. The van der Waals surface area contributed by atoms with Crippen LogP contribution in [0.2, 0.25) is 0 Å². The van der Waals surface area contributed by atoms with Gasteiger partial charge in [-0.2, -0.15) is 11.8 Å². The van der Waals surface area contributed by atoms with Gasteiger partial charge >= 0.3 is 0 Å². The zero-order valence-electron chi connectivity index (χ0n) is 9.58. The van der Waals surface area contributed by atoms with Crippen LogP contribution in [-0.4, -0.2) is 18.1 Å². The first-order chi connectivity index (χ1) is 7.77. The van der Waals surface area contributed by atoms with Crippen LogP contribution in [0.1, 0.15) is 24.9 Å². The first-order valence-corrected chi connectivity index (χ1v) is 7.77. The number of benzene rings is 1. The second-order valence-electron chi connectivity index (χ2n) is 4.38. The predicted molar refractivity (Wildman–Crippen MR) is 76.0 cm³/mol. The van der Waals surface area contributed by atoms with Crippen molar-refractivity contribution < 1.29 is 0 Å². The van der Waals surface area contributed by atoms with E-state index in [1.807, 2.05) is 0 Å². The summed E-state index contributed by atoms with van der Waals surface area (Å²) in [5.74, 6) is 3.54. The van der Waals surface area contributed by atoms with Crippen LogP contribution < -0.4 is 5.32 Å². The third-order valence-electron chi connectivity index (χ3n) is 3.11. The molecule has 1 nitrogen and oxygen atoms in total. The molecule has 0 amide bonds.